The number of piperidine rings is 1. The van der Waals surface area contributed by atoms with Crippen LogP contribution >= 0.6 is 0 Å². The van der Waals surface area contributed by atoms with E-state index >= 15 is 0 Å². The molecule has 6 nitrogen and oxygen atoms in total. The summed E-state index contributed by atoms with van der Waals surface area (Å²) < 4.78 is 4.56. The van der Waals surface area contributed by atoms with Gasteiger partial charge in [0, 0.05) is 12.5 Å². The van der Waals surface area contributed by atoms with Crippen molar-refractivity contribution >= 4 is 18.3 Å². The molecule has 1 amide bonds. The first kappa shape index (κ1) is 12.5. The third kappa shape index (κ3) is 2.50. The van der Waals surface area contributed by atoms with Crippen LogP contribution in [0.5, 0.6) is 0 Å². The Morgan fingerprint density at radius 1 is 1.50 bits per heavy atom. The van der Waals surface area contributed by atoms with Crippen LogP contribution in [0.3, 0.4) is 0 Å². The number of carbonyl (C=O) groups is 3. The molecule has 0 bridgehead atoms. The summed E-state index contributed by atoms with van der Waals surface area (Å²) in [6, 6.07) is -1.19. The number of aldehydes is 1. The molecule has 0 aliphatic carbocycles. The fourth-order valence-electron chi connectivity index (χ4n) is 2.08. The number of esters is 1. The molecule has 0 saturated carbocycles. The standard InChI is InChI=1S/C10H15NO5/c1-16-9(13)8-4-2-3-7(5-6-12)11(8)10(14)15/h6-8H,2-5H2,1H3,(H,14,15). The van der Waals surface area contributed by atoms with Gasteiger partial charge in [0.1, 0.15) is 12.3 Å². The number of nitrogens with zero attached hydrogens (tertiary/aromatic N) is 1. The Kier molecular flexibility index (Phi) is 4.28. The van der Waals surface area contributed by atoms with Crippen LogP contribution in [0.4, 0.5) is 4.79 Å². The Morgan fingerprint density at radius 2 is 2.19 bits per heavy atom. The average Bonchev–Trinajstić information content (AvgIpc) is 2.27. The maximum atomic E-state index is 11.4. The first-order chi connectivity index (χ1) is 7.61. The predicted octanol–water partition coefficient (Wildman–Crippen LogP) is 0.650. The summed E-state index contributed by atoms with van der Waals surface area (Å²) in [6.07, 6.45) is 1.41. The van der Waals surface area contributed by atoms with Gasteiger partial charge in [0.2, 0.25) is 0 Å². The van der Waals surface area contributed by atoms with Gasteiger partial charge in [-0.1, -0.05) is 0 Å². The van der Waals surface area contributed by atoms with Gasteiger partial charge in [0.25, 0.3) is 0 Å². The highest BCUT2D eigenvalue weighted by Gasteiger charge is 2.38. The van der Waals surface area contributed by atoms with Gasteiger partial charge in [-0.05, 0) is 19.3 Å². The number of carboxylic acid groups (broad SMARTS) is 1. The first-order valence-electron chi connectivity index (χ1n) is 5.14. The van der Waals surface area contributed by atoms with Gasteiger partial charge in [-0.2, -0.15) is 0 Å². The Hall–Kier alpha value is -1.59. The number of carbonyl (C=O) groups excluding carboxylic acids is 2. The molecule has 0 aromatic carbocycles. The van der Waals surface area contributed by atoms with E-state index in [1.54, 1.807) is 0 Å². The van der Waals surface area contributed by atoms with Crippen molar-refractivity contribution in [1.29, 1.82) is 0 Å². The lowest BCUT2D eigenvalue weighted by Crippen LogP contribution is -2.53. The van der Waals surface area contributed by atoms with E-state index in [-0.39, 0.29) is 6.42 Å². The Labute approximate surface area is 93.2 Å². The topological polar surface area (TPSA) is 83.9 Å². The maximum Gasteiger partial charge on any atom is 0.408 e. The minimum absolute atomic E-state index is 0.125. The van der Waals surface area contributed by atoms with E-state index in [1.807, 2.05) is 0 Å². The second kappa shape index (κ2) is 5.48. The van der Waals surface area contributed by atoms with Gasteiger partial charge in [-0.25, -0.2) is 9.59 Å². The van der Waals surface area contributed by atoms with Crippen LogP contribution in [0.1, 0.15) is 25.7 Å². The van der Waals surface area contributed by atoms with Crippen molar-refractivity contribution in [2.24, 2.45) is 0 Å². The summed E-state index contributed by atoms with van der Waals surface area (Å²) in [5.41, 5.74) is 0. The Bertz CT molecular complexity index is 291. The second-order valence-electron chi connectivity index (χ2n) is 3.72. The Morgan fingerprint density at radius 3 is 2.69 bits per heavy atom. The van der Waals surface area contributed by atoms with E-state index in [4.69, 9.17) is 5.11 Å². The fourth-order valence-corrected chi connectivity index (χ4v) is 2.08. The lowest BCUT2D eigenvalue weighted by molar-refractivity contribution is -0.149. The summed E-state index contributed by atoms with van der Waals surface area (Å²) in [7, 11) is 1.23. The fraction of sp³-hybridized carbons (Fsp3) is 0.700. The lowest BCUT2D eigenvalue weighted by atomic mass is 9.94. The molecule has 2 atom stereocenters. The van der Waals surface area contributed by atoms with Crippen LogP contribution < -0.4 is 0 Å². The average molecular weight is 229 g/mol. The molecule has 1 rings (SSSR count). The highest BCUT2D eigenvalue weighted by atomic mass is 16.5. The highest BCUT2D eigenvalue weighted by Crippen LogP contribution is 2.25. The smallest absolute Gasteiger partial charge is 0.408 e. The van der Waals surface area contributed by atoms with Crippen LogP contribution in [-0.2, 0) is 14.3 Å². The molecule has 1 heterocycles. The quantitative estimate of drug-likeness (QED) is 0.567. The number of ether oxygens (including phenoxy) is 1. The zero-order chi connectivity index (χ0) is 12.1. The number of hydrogen-bond donors (Lipinski definition) is 1. The molecule has 0 spiro atoms. The number of rotatable bonds is 3. The molecule has 0 aromatic rings. The summed E-state index contributed by atoms with van der Waals surface area (Å²) in [5.74, 6) is -0.557. The molecule has 1 aliphatic heterocycles. The number of likely N-dealkylation sites (tertiary alicyclic amines) is 1. The minimum atomic E-state index is -1.18. The molecule has 1 fully saturated rings. The molecule has 6 heteroatoms. The molecular formula is C10H15NO5. The highest BCUT2D eigenvalue weighted by molar-refractivity contribution is 5.81. The predicted molar refractivity (Wildman–Crippen MR) is 54.0 cm³/mol. The van der Waals surface area contributed by atoms with Gasteiger partial charge >= 0.3 is 12.1 Å². The summed E-state index contributed by atoms with van der Waals surface area (Å²) in [6.45, 7) is 0. The molecule has 90 valence electrons. The van der Waals surface area contributed by atoms with Crippen molar-refractivity contribution in [3.63, 3.8) is 0 Å². The van der Waals surface area contributed by atoms with Crippen LogP contribution in [-0.4, -0.2) is 47.5 Å². The lowest BCUT2D eigenvalue weighted by Gasteiger charge is -2.37. The monoisotopic (exact) mass is 229 g/mol. The van der Waals surface area contributed by atoms with Gasteiger partial charge in [-0.3, -0.25) is 4.90 Å². The number of hydrogen-bond acceptors (Lipinski definition) is 4. The minimum Gasteiger partial charge on any atom is -0.467 e. The van der Waals surface area contributed by atoms with E-state index in [0.717, 1.165) is 11.3 Å². The SMILES string of the molecule is COC(=O)C1CCCC(CC=O)N1C(=O)O. The largest absolute Gasteiger partial charge is 0.467 e. The second-order valence-corrected chi connectivity index (χ2v) is 3.72. The molecule has 1 aliphatic rings. The summed E-state index contributed by atoms with van der Waals surface area (Å²) in [4.78, 5) is 34.0. The third-order valence-corrected chi connectivity index (χ3v) is 2.81. The third-order valence-electron chi connectivity index (χ3n) is 2.81. The van der Waals surface area contributed by atoms with Crippen molar-refractivity contribution in [2.45, 2.75) is 37.8 Å². The normalized spacial score (nSPS) is 24.9. The van der Waals surface area contributed by atoms with Crippen LogP contribution in [0.2, 0.25) is 0 Å². The molecule has 2 unspecified atom stereocenters. The van der Waals surface area contributed by atoms with Gasteiger partial charge < -0.3 is 14.6 Å². The van der Waals surface area contributed by atoms with E-state index < -0.39 is 24.1 Å². The number of amides is 1. The first-order valence-corrected chi connectivity index (χ1v) is 5.14. The van der Waals surface area contributed by atoms with E-state index in [9.17, 15) is 14.4 Å². The zero-order valence-electron chi connectivity index (χ0n) is 9.09. The van der Waals surface area contributed by atoms with Crippen molar-refractivity contribution in [3.05, 3.63) is 0 Å². The molecule has 0 radical (unpaired) electrons. The van der Waals surface area contributed by atoms with E-state index in [1.165, 1.54) is 7.11 Å². The van der Waals surface area contributed by atoms with Crippen LogP contribution in [0.25, 0.3) is 0 Å². The van der Waals surface area contributed by atoms with Crippen LogP contribution in [0, 0.1) is 0 Å². The van der Waals surface area contributed by atoms with E-state index in [2.05, 4.69) is 4.74 Å². The van der Waals surface area contributed by atoms with E-state index in [0.29, 0.717) is 19.1 Å². The molecule has 0 aromatic heterocycles. The number of methoxy groups -OCH3 is 1. The van der Waals surface area contributed by atoms with Crippen LogP contribution in [0.15, 0.2) is 0 Å². The summed E-state index contributed by atoms with van der Waals surface area (Å²) >= 11 is 0. The van der Waals surface area contributed by atoms with Gasteiger partial charge in [0.05, 0.1) is 7.11 Å². The molecule has 1 N–H and O–H groups in total. The van der Waals surface area contributed by atoms with Gasteiger partial charge in [-0.15, -0.1) is 0 Å². The summed E-state index contributed by atoms with van der Waals surface area (Å²) in [5, 5.41) is 9.05. The molecular weight excluding hydrogens is 214 g/mol. The van der Waals surface area contributed by atoms with Crippen molar-refractivity contribution in [3.8, 4) is 0 Å². The van der Waals surface area contributed by atoms with Crippen molar-refractivity contribution < 1.29 is 24.2 Å². The Balaban J connectivity index is 2.85. The zero-order valence-corrected chi connectivity index (χ0v) is 9.09. The van der Waals surface area contributed by atoms with Crippen molar-refractivity contribution in [1.82, 2.24) is 4.90 Å². The maximum absolute atomic E-state index is 11.4. The molecule has 1 saturated heterocycles. The van der Waals surface area contributed by atoms with Gasteiger partial charge in [0.15, 0.2) is 0 Å². The van der Waals surface area contributed by atoms with Crippen molar-refractivity contribution in [2.75, 3.05) is 7.11 Å². The molecule has 16 heavy (non-hydrogen) atoms.